The summed E-state index contributed by atoms with van der Waals surface area (Å²) in [6.07, 6.45) is 9.83. The zero-order valence-electron chi connectivity index (χ0n) is 15.7. The second kappa shape index (κ2) is 18.8. The molecule has 3 rings (SSSR count). The van der Waals surface area contributed by atoms with Gasteiger partial charge in [-0.1, -0.05) is 0 Å². The van der Waals surface area contributed by atoms with Crippen LogP contribution >= 0.6 is 0 Å². The predicted molar refractivity (Wildman–Crippen MR) is 87.7 cm³/mol. The minimum absolute atomic E-state index is 0.0602. The molecule has 148 valence electrons. The fourth-order valence-electron chi connectivity index (χ4n) is 4.01. The van der Waals surface area contributed by atoms with Crippen molar-refractivity contribution in [3.05, 3.63) is 56.0 Å². The van der Waals surface area contributed by atoms with Crippen molar-refractivity contribution in [1.82, 2.24) is 0 Å². The van der Waals surface area contributed by atoms with Gasteiger partial charge >= 0.3 is 173 Å². The number of methoxy groups -OCH3 is 2. The van der Waals surface area contributed by atoms with E-state index in [0.29, 0.717) is 5.92 Å². The molecule has 0 spiro atoms. The molecule has 0 radical (unpaired) electrons. The third kappa shape index (κ3) is 6.54. The Bertz CT molecular complexity index is 617. The molecule has 1 fully saturated rings. The van der Waals surface area contributed by atoms with Gasteiger partial charge in [0.2, 0.25) is 0 Å². The third-order valence-electron chi connectivity index (χ3n) is 4.79. The molecule has 28 heavy (non-hydrogen) atoms. The summed E-state index contributed by atoms with van der Waals surface area (Å²) in [4.78, 5) is 0. The number of allylic oxidation sites excluding steroid dienone is 2. The molecule has 0 N–H and O–H groups in total. The first-order valence-corrected chi connectivity index (χ1v) is 8.48. The first-order valence-electron chi connectivity index (χ1n) is 7.84. The SMILES string of the molecule is CO[C](=[Cr])C1=C(C2=CCCC2)C2CCCC12OC.[C-]#[O+].[C-]#[O+].[C-]#[O+].[C-]#[O+].[C-]#[O+]. The molecule has 0 bridgehead atoms. The minimum atomic E-state index is -0.0602. The Morgan fingerprint density at radius 2 is 1.54 bits per heavy atom. The van der Waals surface area contributed by atoms with Crippen molar-refractivity contribution in [2.75, 3.05) is 14.2 Å². The van der Waals surface area contributed by atoms with Crippen LogP contribution in [0.3, 0.4) is 0 Å². The van der Waals surface area contributed by atoms with Gasteiger partial charge in [-0.15, -0.1) is 0 Å². The quantitative estimate of drug-likeness (QED) is 0.510. The molecule has 0 aromatic rings. The van der Waals surface area contributed by atoms with Gasteiger partial charge in [0.15, 0.2) is 0 Å². The van der Waals surface area contributed by atoms with Crippen molar-refractivity contribution in [3.8, 4) is 0 Å². The Morgan fingerprint density at radius 1 is 1.00 bits per heavy atom. The number of hydrogen-bond acceptors (Lipinski definition) is 2. The van der Waals surface area contributed by atoms with Crippen LogP contribution < -0.4 is 0 Å². The number of hydrogen-bond donors (Lipinski definition) is 0. The van der Waals surface area contributed by atoms with E-state index in [9.17, 15) is 0 Å². The Hall–Kier alpha value is -1.50. The number of rotatable bonds is 4. The summed E-state index contributed by atoms with van der Waals surface area (Å²) >= 11 is 3.08. The van der Waals surface area contributed by atoms with E-state index >= 15 is 0 Å². The fraction of sp³-hybridized carbons (Fsp3) is 0.500. The summed E-state index contributed by atoms with van der Waals surface area (Å²) in [6, 6.07) is 0. The summed E-state index contributed by atoms with van der Waals surface area (Å²) in [6.45, 7) is 22.5. The maximum absolute atomic E-state index is 7.50. The van der Waals surface area contributed by atoms with Gasteiger partial charge in [0, 0.05) is 0 Å². The van der Waals surface area contributed by atoms with Crippen LogP contribution in [0.25, 0.3) is 0 Å². The van der Waals surface area contributed by atoms with Crippen LogP contribution in [0.4, 0.5) is 0 Å². The molecule has 7 nitrogen and oxygen atoms in total. The van der Waals surface area contributed by atoms with E-state index in [0.717, 1.165) is 11.0 Å². The van der Waals surface area contributed by atoms with Crippen LogP contribution in [-0.2, 0) is 48.6 Å². The molecule has 0 heterocycles. The summed E-state index contributed by atoms with van der Waals surface area (Å²) < 4.78 is 49.8. The average Bonchev–Trinajstić information content (AvgIpc) is 3.45. The number of ether oxygens (including phenoxy) is 2. The van der Waals surface area contributed by atoms with Gasteiger partial charge in [-0.05, 0) is 0 Å². The molecule has 0 aromatic heterocycles. The normalized spacial score (nSPS) is 22.4. The van der Waals surface area contributed by atoms with E-state index in [4.69, 9.17) is 32.7 Å². The zero-order chi connectivity index (χ0) is 22.8. The Morgan fingerprint density at radius 3 is 1.93 bits per heavy atom. The second-order valence-corrected chi connectivity index (χ2v) is 6.02. The van der Waals surface area contributed by atoms with Gasteiger partial charge in [-0.2, -0.15) is 0 Å². The molecule has 0 saturated heterocycles. The van der Waals surface area contributed by atoms with Gasteiger partial charge in [-0.25, -0.2) is 0 Å². The molecule has 1 saturated carbocycles. The molecular weight excluding hydrogens is 404 g/mol. The van der Waals surface area contributed by atoms with Crippen molar-refractivity contribution in [1.29, 1.82) is 0 Å². The third-order valence-corrected chi connectivity index (χ3v) is 5.36. The average molecular weight is 424 g/mol. The standard InChI is InChI=1S/C15H20O2.5CO.Cr/c1-16-10-13-14(11-6-3-4-7-11)12-8-5-9-15(12,13)17-2;5*1-2;/h6,12H,3-5,7-9H2,1-2H3;;;;;;. The van der Waals surface area contributed by atoms with E-state index in [1.54, 1.807) is 12.7 Å². The molecular formula is C20H20CrO7. The summed E-state index contributed by atoms with van der Waals surface area (Å²) in [5.74, 6) is 0.598. The van der Waals surface area contributed by atoms with Crippen LogP contribution in [0.15, 0.2) is 22.8 Å². The van der Waals surface area contributed by atoms with Gasteiger partial charge in [0.25, 0.3) is 0 Å². The first-order chi connectivity index (χ1) is 13.7. The van der Waals surface area contributed by atoms with Crippen molar-refractivity contribution >= 4 is 4.57 Å². The van der Waals surface area contributed by atoms with Gasteiger partial charge in [-0.3, -0.25) is 0 Å². The van der Waals surface area contributed by atoms with Crippen LogP contribution in [0, 0.1) is 39.2 Å². The summed E-state index contributed by atoms with van der Waals surface area (Å²) in [5, 5.41) is 0. The topological polar surface area (TPSA) is 118 Å². The van der Waals surface area contributed by atoms with Crippen LogP contribution in [-0.4, -0.2) is 24.4 Å². The van der Waals surface area contributed by atoms with E-state index in [1.807, 2.05) is 7.11 Å². The van der Waals surface area contributed by atoms with E-state index in [-0.39, 0.29) is 5.60 Å². The molecule has 0 aromatic carbocycles. The van der Waals surface area contributed by atoms with Crippen molar-refractivity contribution in [2.24, 2.45) is 5.92 Å². The van der Waals surface area contributed by atoms with E-state index in [1.165, 1.54) is 43.3 Å². The monoisotopic (exact) mass is 424 g/mol. The Labute approximate surface area is 173 Å². The summed E-state index contributed by atoms with van der Waals surface area (Å²) in [5.41, 5.74) is 4.33. The number of fused-ring (bicyclic) bond motifs is 1. The first kappa shape index (κ1) is 31.2. The maximum atomic E-state index is 7.50. The van der Waals surface area contributed by atoms with Crippen molar-refractivity contribution in [2.45, 2.75) is 44.1 Å². The fourth-order valence-corrected chi connectivity index (χ4v) is 4.45. The van der Waals surface area contributed by atoms with Crippen molar-refractivity contribution in [3.63, 3.8) is 0 Å². The second-order valence-electron chi connectivity index (χ2n) is 5.44. The van der Waals surface area contributed by atoms with Crippen LogP contribution in [0.1, 0.15) is 38.5 Å². The predicted octanol–water partition coefficient (Wildman–Crippen LogP) is 2.73. The molecule has 3 aliphatic carbocycles. The summed E-state index contributed by atoms with van der Waals surface area (Å²) in [7, 11) is 3.59. The molecule has 2 unspecified atom stereocenters. The van der Waals surface area contributed by atoms with Crippen LogP contribution in [0.5, 0.6) is 0 Å². The Kier molecular flexibility index (Phi) is 21.0. The van der Waals surface area contributed by atoms with Gasteiger partial charge in [0.05, 0.1) is 0 Å². The molecule has 8 heteroatoms. The molecule has 3 aliphatic rings. The Balaban J connectivity index is -0.000000548. The van der Waals surface area contributed by atoms with Crippen LogP contribution in [0.2, 0.25) is 0 Å². The molecule has 0 amide bonds. The molecule has 0 aliphatic heterocycles. The zero-order valence-corrected chi connectivity index (χ0v) is 16.9. The van der Waals surface area contributed by atoms with Crippen molar-refractivity contribution < 1.29 is 48.6 Å². The van der Waals surface area contributed by atoms with Gasteiger partial charge < -0.3 is 0 Å². The molecule has 2 atom stereocenters. The van der Waals surface area contributed by atoms with E-state index < -0.39 is 0 Å². The van der Waals surface area contributed by atoms with Gasteiger partial charge in [0.1, 0.15) is 0 Å². The van der Waals surface area contributed by atoms with E-state index in [2.05, 4.69) is 55.2 Å².